The molecule has 0 heterocycles. The van der Waals surface area contributed by atoms with Crippen LogP contribution in [0.5, 0.6) is 0 Å². The van der Waals surface area contributed by atoms with Crippen LogP contribution >= 0.6 is 0 Å². The fraction of sp³-hybridized carbons (Fsp3) is 0.211. The molecular weight excluding hydrogens is 338 g/mol. The van der Waals surface area contributed by atoms with E-state index in [1.807, 2.05) is 37.3 Å². The number of nitrogens with one attached hydrogen (secondary N) is 1. The van der Waals surface area contributed by atoms with Gasteiger partial charge in [0.1, 0.15) is 0 Å². The molecule has 0 saturated heterocycles. The number of hydrogen-bond donors (Lipinski definition) is 1. The molecule has 0 unspecified atom stereocenters. The first-order chi connectivity index (χ1) is 11.9. The van der Waals surface area contributed by atoms with Gasteiger partial charge >= 0.3 is 5.97 Å². The van der Waals surface area contributed by atoms with Crippen molar-refractivity contribution in [2.45, 2.75) is 24.7 Å². The minimum Gasteiger partial charge on any atom is -0.466 e. The van der Waals surface area contributed by atoms with Crippen molar-refractivity contribution in [3.63, 3.8) is 0 Å². The smallest absolute Gasteiger partial charge is 0.335 e. The van der Waals surface area contributed by atoms with E-state index in [0.29, 0.717) is 12.8 Å². The summed E-state index contributed by atoms with van der Waals surface area (Å²) < 4.78 is 31.8. The number of esters is 1. The topological polar surface area (TPSA) is 72.5 Å². The summed E-state index contributed by atoms with van der Waals surface area (Å²) in [6.07, 6.45) is 2.19. The Kier molecular flexibility index (Phi) is 6.36. The van der Waals surface area contributed by atoms with Gasteiger partial charge in [0.25, 0.3) is 10.0 Å². The second-order valence-electron chi connectivity index (χ2n) is 5.58. The number of hydrogen-bond acceptors (Lipinski definition) is 4. The van der Waals surface area contributed by atoms with E-state index in [9.17, 15) is 13.2 Å². The number of ether oxygens (including phenoxy) is 1. The number of carbonyl (C=O) groups is 1. The van der Waals surface area contributed by atoms with Crippen LogP contribution in [0.4, 0.5) is 0 Å². The maximum absolute atomic E-state index is 12.3. The number of benzene rings is 2. The highest BCUT2D eigenvalue weighted by molar-refractivity contribution is 7.89. The molecule has 0 radical (unpaired) electrons. The SMILES string of the molecule is COC(=O)/C(=C/NS(=O)(=O)c1ccc(C)cc1)CCc1ccccc1. The second kappa shape index (κ2) is 8.48. The Morgan fingerprint density at radius 2 is 1.72 bits per heavy atom. The summed E-state index contributed by atoms with van der Waals surface area (Å²) in [5.74, 6) is -0.553. The van der Waals surface area contributed by atoms with E-state index in [2.05, 4.69) is 4.72 Å². The third-order valence-electron chi connectivity index (χ3n) is 3.69. The van der Waals surface area contributed by atoms with Gasteiger partial charge in [0.15, 0.2) is 0 Å². The van der Waals surface area contributed by atoms with Gasteiger partial charge in [-0.05, 0) is 37.5 Å². The van der Waals surface area contributed by atoms with Gasteiger partial charge in [-0.15, -0.1) is 0 Å². The largest absolute Gasteiger partial charge is 0.466 e. The van der Waals surface area contributed by atoms with E-state index in [4.69, 9.17) is 4.74 Å². The highest BCUT2D eigenvalue weighted by Crippen LogP contribution is 2.13. The average molecular weight is 359 g/mol. The molecule has 0 aliphatic rings. The molecule has 25 heavy (non-hydrogen) atoms. The highest BCUT2D eigenvalue weighted by Gasteiger charge is 2.15. The van der Waals surface area contributed by atoms with Gasteiger partial charge in [-0.2, -0.15) is 0 Å². The molecule has 6 heteroatoms. The Morgan fingerprint density at radius 1 is 1.08 bits per heavy atom. The Bertz CT molecular complexity index is 841. The normalized spacial score (nSPS) is 11.8. The molecule has 0 amide bonds. The van der Waals surface area contributed by atoms with E-state index in [1.165, 1.54) is 25.4 Å². The second-order valence-corrected chi connectivity index (χ2v) is 7.30. The van der Waals surface area contributed by atoms with Crippen LogP contribution in [0.2, 0.25) is 0 Å². The predicted molar refractivity (Wildman–Crippen MR) is 96.4 cm³/mol. The molecule has 0 atom stereocenters. The molecule has 0 bridgehead atoms. The first-order valence-electron chi connectivity index (χ1n) is 7.82. The molecule has 0 spiro atoms. The van der Waals surface area contributed by atoms with Crippen molar-refractivity contribution in [2.75, 3.05) is 7.11 Å². The van der Waals surface area contributed by atoms with Gasteiger partial charge in [-0.1, -0.05) is 48.0 Å². The van der Waals surface area contributed by atoms with Crippen LogP contribution < -0.4 is 4.72 Å². The Labute approximate surface area is 148 Å². The minimum atomic E-state index is -3.73. The monoisotopic (exact) mass is 359 g/mol. The van der Waals surface area contributed by atoms with E-state index in [-0.39, 0.29) is 10.5 Å². The van der Waals surface area contributed by atoms with Crippen molar-refractivity contribution in [3.8, 4) is 0 Å². The molecule has 2 aromatic rings. The minimum absolute atomic E-state index is 0.140. The molecule has 1 N–H and O–H groups in total. The molecule has 0 aromatic heterocycles. The molecule has 0 aliphatic carbocycles. The number of aryl methyl sites for hydroxylation is 2. The summed E-state index contributed by atoms with van der Waals surface area (Å²) in [7, 11) is -2.46. The van der Waals surface area contributed by atoms with Crippen molar-refractivity contribution in [2.24, 2.45) is 0 Å². The third kappa shape index (κ3) is 5.46. The van der Waals surface area contributed by atoms with Gasteiger partial charge < -0.3 is 4.74 Å². The standard InChI is InChI=1S/C19H21NO4S/c1-15-8-12-18(13-9-15)25(22,23)20-14-17(19(21)24-2)11-10-16-6-4-3-5-7-16/h3-9,12-14,20H,10-11H2,1-2H3/b17-14+. The van der Waals surface area contributed by atoms with Crippen molar-refractivity contribution >= 4 is 16.0 Å². The molecule has 5 nitrogen and oxygen atoms in total. The predicted octanol–water partition coefficient (Wildman–Crippen LogP) is 2.96. The number of sulfonamides is 1. The number of carbonyl (C=O) groups excluding carboxylic acids is 1. The summed E-state index contributed by atoms with van der Waals surface area (Å²) in [6.45, 7) is 1.88. The van der Waals surface area contributed by atoms with E-state index in [1.54, 1.807) is 12.1 Å². The maximum Gasteiger partial charge on any atom is 0.335 e. The average Bonchev–Trinajstić information content (AvgIpc) is 2.62. The van der Waals surface area contributed by atoms with Crippen LogP contribution in [-0.2, 0) is 26.0 Å². The lowest BCUT2D eigenvalue weighted by Gasteiger charge is -2.08. The van der Waals surface area contributed by atoms with Crippen LogP contribution in [0, 0.1) is 6.92 Å². The van der Waals surface area contributed by atoms with E-state index in [0.717, 1.165) is 11.1 Å². The van der Waals surface area contributed by atoms with Crippen LogP contribution in [0.25, 0.3) is 0 Å². The van der Waals surface area contributed by atoms with E-state index < -0.39 is 16.0 Å². The number of rotatable bonds is 7. The molecule has 0 saturated carbocycles. The lowest BCUT2D eigenvalue weighted by Crippen LogP contribution is -2.20. The molecule has 2 aromatic carbocycles. The Morgan fingerprint density at radius 3 is 2.32 bits per heavy atom. The molecular formula is C19H21NO4S. The first-order valence-corrected chi connectivity index (χ1v) is 9.31. The third-order valence-corrected chi connectivity index (χ3v) is 5.01. The van der Waals surface area contributed by atoms with Crippen molar-refractivity contribution in [3.05, 3.63) is 77.5 Å². The van der Waals surface area contributed by atoms with Crippen molar-refractivity contribution < 1.29 is 17.9 Å². The molecule has 0 aliphatic heterocycles. The van der Waals surface area contributed by atoms with Crippen molar-refractivity contribution in [1.29, 1.82) is 0 Å². The first kappa shape index (κ1) is 18.7. The van der Waals surface area contributed by atoms with Gasteiger partial charge in [0, 0.05) is 6.20 Å². The zero-order valence-electron chi connectivity index (χ0n) is 14.2. The lowest BCUT2D eigenvalue weighted by molar-refractivity contribution is -0.136. The summed E-state index contributed by atoms with van der Waals surface area (Å²) >= 11 is 0. The summed E-state index contributed by atoms with van der Waals surface area (Å²) in [6, 6.07) is 16.1. The fourth-order valence-corrected chi connectivity index (χ4v) is 3.15. The summed E-state index contributed by atoms with van der Waals surface area (Å²) in [4.78, 5) is 12.0. The summed E-state index contributed by atoms with van der Waals surface area (Å²) in [5.41, 5.74) is 2.29. The highest BCUT2D eigenvalue weighted by atomic mass is 32.2. The molecule has 132 valence electrons. The van der Waals surface area contributed by atoms with Gasteiger partial charge in [0.05, 0.1) is 17.6 Å². The zero-order valence-corrected chi connectivity index (χ0v) is 15.0. The van der Waals surface area contributed by atoms with Gasteiger partial charge in [-0.25, -0.2) is 13.2 Å². The summed E-state index contributed by atoms with van der Waals surface area (Å²) in [5, 5.41) is 0. The van der Waals surface area contributed by atoms with Crippen molar-refractivity contribution in [1.82, 2.24) is 4.72 Å². The van der Waals surface area contributed by atoms with Gasteiger partial charge in [-0.3, -0.25) is 4.72 Å². The van der Waals surface area contributed by atoms with Gasteiger partial charge in [0.2, 0.25) is 0 Å². The Hall–Kier alpha value is -2.60. The fourth-order valence-electron chi connectivity index (χ4n) is 2.22. The van der Waals surface area contributed by atoms with Crippen LogP contribution in [0.1, 0.15) is 17.5 Å². The maximum atomic E-state index is 12.3. The molecule has 2 rings (SSSR count). The van der Waals surface area contributed by atoms with Crippen LogP contribution in [0.3, 0.4) is 0 Å². The van der Waals surface area contributed by atoms with E-state index >= 15 is 0 Å². The zero-order chi connectivity index (χ0) is 18.3. The lowest BCUT2D eigenvalue weighted by atomic mass is 10.1. The van der Waals surface area contributed by atoms with Crippen LogP contribution in [-0.4, -0.2) is 21.5 Å². The quantitative estimate of drug-likeness (QED) is 0.609. The number of methoxy groups -OCH3 is 1. The molecule has 0 fully saturated rings. The van der Waals surface area contributed by atoms with Crippen LogP contribution in [0.15, 0.2) is 71.3 Å². The Balaban J connectivity index is 2.14.